The number of imidazole rings is 1. The van der Waals surface area contributed by atoms with Gasteiger partial charge in [0, 0.05) is 23.2 Å². The van der Waals surface area contributed by atoms with Gasteiger partial charge in [-0.2, -0.15) is 0 Å². The summed E-state index contributed by atoms with van der Waals surface area (Å²) in [6.45, 7) is 0. The number of aromatic nitrogens is 2. The Labute approximate surface area is 128 Å². The fourth-order valence-corrected chi connectivity index (χ4v) is 2.97. The van der Waals surface area contributed by atoms with Gasteiger partial charge in [-0.1, -0.05) is 23.7 Å². The van der Waals surface area contributed by atoms with Gasteiger partial charge in [0.2, 0.25) is 0 Å². The van der Waals surface area contributed by atoms with Crippen LogP contribution >= 0.6 is 11.6 Å². The molecule has 1 aliphatic rings. The predicted molar refractivity (Wildman–Crippen MR) is 86.7 cm³/mol. The van der Waals surface area contributed by atoms with Crippen LogP contribution < -0.4 is 5.73 Å². The summed E-state index contributed by atoms with van der Waals surface area (Å²) in [5.74, 6) is 1.11. The Morgan fingerprint density at radius 3 is 2.62 bits per heavy atom. The predicted octanol–water partition coefficient (Wildman–Crippen LogP) is 4.20. The van der Waals surface area contributed by atoms with Crippen molar-refractivity contribution < 1.29 is 0 Å². The van der Waals surface area contributed by atoms with Crippen LogP contribution in [0.5, 0.6) is 0 Å². The quantitative estimate of drug-likeness (QED) is 0.736. The Hall–Kier alpha value is -2.00. The minimum absolute atomic E-state index is 0.597. The molecule has 0 radical (unpaired) electrons. The number of fused-ring (bicyclic) bond motifs is 1. The van der Waals surface area contributed by atoms with Gasteiger partial charge in [-0.3, -0.25) is 0 Å². The third kappa shape index (κ3) is 2.38. The Balaban J connectivity index is 1.79. The van der Waals surface area contributed by atoms with Gasteiger partial charge in [-0.15, -0.1) is 0 Å². The van der Waals surface area contributed by atoms with Crippen LogP contribution in [0.2, 0.25) is 5.02 Å². The first-order valence-corrected chi connectivity index (χ1v) is 7.59. The normalized spacial score (nSPS) is 14.7. The van der Waals surface area contributed by atoms with Crippen LogP contribution in [0, 0.1) is 0 Å². The van der Waals surface area contributed by atoms with Crippen molar-refractivity contribution in [3.63, 3.8) is 0 Å². The van der Waals surface area contributed by atoms with E-state index >= 15 is 0 Å². The lowest BCUT2D eigenvalue weighted by Gasteiger charge is -2.08. The summed E-state index contributed by atoms with van der Waals surface area (Å²) >= 11 is 6.09. The Morgan fingerprint density at radius 1 is 1.14 bits per heavy atom. The molecule has 0 atom stereocenters. The van der Waals surface area contributed by atoms with E-state index in [0.29, 0.717) is 6.04 Å². The largest absolute Gasteiger partial charge is 0.399 e. The molecule has 0 amide bonds. The van der Waals surface area contributed by atoms with Gasteiger partial charge < -0.3 is 10.3 Å². The molecule has 3 nitrogen and oxygen atoms in total. The minimum Gasteiger partial charge on any atom is -0.399 e. The maximum absolute atomic E-state index is 6.09. The van der Waals surface area contributed by atoms with Gasteiger partial charge in [0.25, 0.3) is 0 Å². The second-order valence-electron chi connectivity index (χ2n) is 5.68. The zero-order chi connectivity index (χ0) is 14.4. The van der Waals surface area contributed by atoms with Crippen molar-refractivity contribution in [2.45, 2.75) is 25.3 Å². The van der Waals surface area contributed by atoms with E-state index in [4.69, 9.17) is 22.3 Å². The second kappa shape index (κ2) is 4.78. The lowest BCUT2D eigenvalue weighted by atomic mass is 10.1. The fraction of sp³-hybridized carbons (Fsp3) is 0.235. The molecule has 21 heavy (non-hydrogen) atoms. The topological polar surface area (TPSA) is 43.8 Å². The van der Waals surface area contributed by atoms with Crippen LogP contribution in [-0.2, 0) is 6.42 Å². The van der Waals surface area contributed by atoms with Crippen LogP contribution in [-0.4, -0.2) is 9.55 Å². The first kappa shape index (κ1) is 12.7. The van der Waals surface area contributed by atoms with Crippen molar-refractivity contribution in [3.8, 4) is 0 Å². The number of rotatable bonds is 3. The van der Waals surface area contributed by atoms with Gasteiger partial charge in [-0.25, -0.2) is 4.98 Å². The number of nitrogens with zero attached hydrogens (tertiary/aromatic N) is 2. The molecule has 0 unspecified atom stereocenters. The highest BCUT2D eigenvalue weighted by molar-refractivity contribution is 6.31. The number of anilines is 1. The van der Waals surface area contributed by atoms with E-state index < -0.39 is 0 Å². The SMILES string of the molecule is Nc1ccc(Cc2nc3cc(Cl)ccc3n2C2CC2)cc1. The third-order valence-corrected chi connectivity index (χ3v) is 4.21. The van der Waals surface area contributed by atoms with Crippen LogP contribution in [0.1, 0.15) is 30.3 Å². The molecule has 0 aliphatic heterocycles. The molecule has 4 heteroatoms. The monoisotopic (exact) mass is 297 g/mol. The molecular weight excluding hydrogens is 282 g/mol. The Morgan fingerprint density at radius 2 is 1.90 bits per heavy atom. The third-order valence-electron chi connectivity index (χ3n) is 3.98. The van der Waals surface area contributed by atoms with Crippen molar-refractivity contribution in [2.24, 2.45) is 0 Å². The molecule has 4 rings (SSSR count). The molecular formula is C17H16ClN3. The molecule has 1 heterocycles. The molecule has 0 bridgehead atoms. The fourth-order valence-electron chi connectivity index (χ4n) is 2.80. The summed E-state index contributed by atoms with van der Waals surface area (Å²) in [5, 5.41) is 0.738. The highest BCUT2D eigenvalue weighted by Gasteiger charge is 2.28. The molecule has 106 valence electrons. The van der Waals surface area contributed by atoms with Gasteiger partial charge in [0.15, 0.2) is 0 Å². The summed E-state index contributed by atoms with van der Waals surface area (Å²) in [6.07, 6.45) is 3.30. The average molecular weight is 298 g/mol. The van der Waals surface area contributed by atoms with E-state index in [-0.39, 0.29) is 0 Å². The summed E-state index contributed by atoms with van der Waals surface area (Å²) in [4.78, 5) is 4.80. The van der Waals surface area contributed by atoms with E-state index in [1.807, 2.05) is 24.3 Å². The average Bonchev–Trinajstić information content (AvgIpc) is 3.23. The smallest absolute Gasteiger partial charge is 0.114 e. The number of nitrogens with two attached hydrogens (primary N) is 1. The van der Waals surface area contributed by atoms with Crippen LogP contribution in [0.25, 0.3) is 11.0 Å². The highest BCUT2D eigenvalue weighted by Crippen LogP contribution is 2.39. The Kier molecular flexibility index (Phi) is 2.89. The van der Waals surface area contributed by atoms with Crippen molar-refractivity contribution in [1.82, 2.24) is 9.55 Å². The number of benzene rings is 2. The molecule has 0 saturated heterocycles. The molecule has 1 aliphatic carbocycles. The highest BCUT2D eigenvalue weighted by atomic mass is 35.5. The minimum atomic E-state index is 0.597. The molecule has 0 spiro atoms. The van der Waals surface area contributed by atoms with Crippen LogP contribution in [0.15, 0.2) is 42.5 Å². The molecule has 1 aromatic heterocycles. The summed E-state index contributed by atoms with van der Waals surface area (Å²) in [7, 11) is 0. The summed E-state index contributed by atoms with van der Waals surface area (Å²) in [5.41, 5.74) is 9.95. The number of nitrogen functional groups attached to an aromatic ring is 1. The van der Waals surface area contributed by atoms with Gasteiger partial charge in [0.1, 0.15) is 5.82 Å². The van der Waals surface area contributed by atoms with Gasteiger partial charge >= 0.3 is 0 Å². The summed E-state index contributed by atoms with van der Waals surface area (Å²) < 4.78 is 2.38. The zero-order valence-electron chi connectivity index (χ0n) is 11.6. The molecule has 2 N–H and O–H groups in total. The zero-order valence-corrected chi connectivity index (χ0v) is 12.3. The summed E-state index contributed by atoms with van der Waals surface area (Å²) in [6, 6.07) is 14.6. The second-order valence-corrected chi connectivity index (χ2v) is 6.12. The van der Waals surface area contributed by atoms with E-state index in [1.165, 1.54) is 23.9 Å². The van der Waals surface area contributed by atoms with E-state index in [2.05, 4.69) is 22.8 Å². The standard InChI is InChI=1S/C17H16ClN3/c18-12-3-8-16-15(10-12)20-17(21(16)14-6-7-14)9-11-1-4-13(19)5-2-11/h1-5,8,10,14H,6-7,9,19H2. The molecule has 1 saturated carbocycles. The Bertz CT molecular complexity index is 801. The van der Waals surface area contributed by atoms with Gasteiger partial charge in [0.05, 0.1) is 11.0 Å². The van der Waals surface area contributed by atoms with Crippen LogP contribution in [0.4, 0.5) is 5.69 Å². The van der Waals surface area contributed by atoms with Crippen LogP contribution in [0.3, 0.4) is 0 Å². The molecule has 1 fully saturated rings. The van der Waals surface area contributed by atoms with E-state index in [1.54, 1.807) is 0 Å². The lowest BCUT2D eigenvalue weighted by Crippen LogP contribution is -2.02. The maximum Gasteiger partial charge on any atom is 0.114 e. The van der Waals surface area contributed by atoms with Crippen molar-refractivity contribution in [1.29, 1.82) is 0 Å². The van der Waals surface area contributed by atoms with E-state index in [0.717, 1.165) is 28.5 Å². The number of hydrogen-bond acceptors (Lipinski definition) is 2. The first-order chi connectivity index (χ1) is 10.2. The number of hydrogen-bond donors (Lipinski definition) is 1. The van der Waals surface area contributed by atoms with Gasteiger partial charge in [-0.05, 0) is 48.7 Å². The molecule has 3 aromatic rings. The van der Waals surface area contributed by atoms with Crippen molar-refractivity contribution >= 4 is 28.3 Å². The van der Waals surface area contributed by atoms with Crippen molar-refractivity contribution in [2.75, 3.05) is 5.73 Å². The number of halogens is 1. The van der Waals surface area contributed by atoms with Crippen molar-refractivity contribution in [3.05, 3.63) is 58.9 Å². The first-order valence-electron chi connectivity index (χ1n) is 7.21. The molecule has 2 aromatic carbocycles. The maximum atomic E-state index is 6.09. The lowest BCUT2D eigenvalue weighted by molar-refractivity contribution is 0.715. The van der Waals surface area contributed by atoms with E-state index in [9.17, 15) is 0 Å².